The number of ether oxygens (including phenoxy) is 1. The molecule has 0 unspecified atom stereocenters. The lowest BCUT2D eigenvalue weighted by atomic mass is 10.1. The Morgan fingerprint density at radius 1 is 1.07 bits per heavy atom. The van der Waals surface area contributed by atoms with Crippen molar-refractivity contribution >= 4 is 40.4 Å². The SMILES string of the molecule is C=CC(=O)Nc1cc(Nc2ncc(-c3ccn(C)c(=O)c3)c(Nc3ccccc3F)n2)c(OC)cc1N(C)CCN(C)C. The van der Waals surface area contributed by atoms with E-state index in [1.54, 1.807) is 49.8 Å². The number of nitrogens with one attached hydrogen (secondary N) is 3. The number of hydrogen-bond acceptors (Lipinski definition) is 9. The van der Waals surface area contributed by atoms with Gasteiger partial charge in [0.1, 0.15) is 17.4 Å². The van der Waals surface area contributed by atoms with Crippen molar-refractivity contribution in [2.45, 2.75) is 0 Å². The fraction of sp³-hybridized carbons (Fsp3) is 0.226. The van der Waals surface area contributed by atoms with Crippen molar-refractivity contribution < 1.29 is 13.9 Å². The smallest absolute Gasteiger partial charge is 0.250 e. The third-order valence-corrected chi connectivity index (χ3v) is 6.63. The zero-order valence-electron chi connectivity index (χ0n) is 24.8. The van der Waals surface area contributed by atoms with Crippen molar-refractivity contribution in [3.8, 4) is 16.9 Å². The van der Waals surface area contributed by atoms with Gasteiger partial charge in [-0.2, -0.15) is 4.98 Å². The summed E-state index contributed by atoms with van der Waals surface area (Å²) in [6, 6.07) is 13.0. The maximum Gasteiger partial charge on any atom is 0.250 e. The van der Waals surface area contributed by atoms with Gasteiger partial charge in [-0.3, -0.25) is 9.59 Å². The molecule has 4 aromatic rings. The summed E-state index contributed by atoms with van der Waals surface area (Å²) in [4.78, 5) is 37.9. The number of benzene rings is 2. The van der Waals surface area contributed by atoms with Crippen LogP contribution in [-0.4, -0.2) is 66.7 Å². The minimum Gasteiger partial charge on any atom is -0.494 e. The highest BCUT2D eigenvalue weighted by Gasteiger charge is 2.18. The van der Waals surface area contributed by atoms with E-state index in [0.717, 1.165) is 12.2 Å². The Balaban J connectivity index is 1.78. The third-order valence-electron chi connectivity index (χ3n) is 6.63. The van der Waals surface area contributed by atoms with Gasteiger partial charge in [0.05, 0.1) is 29.9 Å². The Morgan fingerprint density at radius 2 is 1.84 bits per heavy atom. The van der Waals surface area contributed by atoms with Gasteiger partial charge in [-0.1, -0.05) is 18.7 Å². The van der Waals surface area contributed by atoms with E-state index >= 15 is 0 Å². The molecular weight excluding hydrogens is 551 g/mol. The molecule has 0 radical (unpaired) electrons. The van der Waals surface area contributed by atoms with Gasteiger partial charge in [-0.05, 0) is 50.0 Å². The molecule has 0 fully saturated rings. The van der Waals surface area contributed by atoms with Crippen molar-refractivity contribution in [3.63, 3.8) is 0 Å². The second-order valence-corrected chi connectivity index (χ2v) is 10.0. The lowest BCUT2D eigenvalue weighted by Gasteiger charge is -2.26. The molecule has 0 spiro atoms. The van der Waals surface area contributed by atoms with Gasteiger partial charge in [0.2, 0.25) is 11.9 Å². The molecule has 2 aromatic heterocycles. The van der Waals surface area contributed by atoms with Crippen LogP contribution in [0.25, 0.3) is 11.1 Å². The average Bonchev–Trinajstić information content (AvgIpc) is 2.98. The number of pyridine rings is 1. The highest BCUT2D eigenvalue weighted by Crippen LogP contribution is 2.38. The maximum absolute atomic E-state index is 14.6. The molecule has 224 valence electrons. The number of amides is 1. The van der Waals surface area contributed by atoms with Gasteiger partial charge >= 0.3 is 0 Å². The number of carbonyl (C=O) groups excluding carboxylic acids is 1. The first-order chi connectivity index (χ1) is 20.6. The quantitative estimate of drug-likeness (QED) is 0.205. The van der Waals surface area contributed by atoms with E-state index in [4.69, 9.17) is 4.74 Å². The van der Waals surface area contributed by atoms with Crippen LogP contribution in [0.1, 0.15) is 0 Å². The highest BCUT2D eigenvalue weighted by molar-refractivity contribution is 6.02. The predicted molar refractivity (Wildman–Crippen MR) is 169 cm³/mol. The zero-order valence-corrected chi connectivity index (χ0v) is 24.8. The Labute approximate surface area is 249 Å². The number of halogens is 1. The topological polar surface area (TPSA) is 117 Å². The van der Waals surface area contributed by atoms with Crippen LogP contribution in [0.5, 0.6) is 5.75 Å². The maximum atomic E-state index is 14.6. The summed E-state index contributed by atoms with van der Waals surface area (Å²) in [6.45, 7) is 5.04. The Hall–Kier alpha value is -5.23. The number of carbonyl (C=O) groups is 1. The van der Waals surface area contributed by atoms with Gasteiger partial charge < -0.3 is 35.1 Å². The van der Waals surface area contributed by atoms with Crippen LogP contribution in [0.2, 0.25) is 0 Å². The molecule has 3 N–H and O–H groups in total. The van der Waals surface area contributed by atoms with Crippen LogP contribution >= 0.6 is 0 Å². The summed E-state index contributed by atoms with van der Waals surface area (Å²) >= 11 is 0. The fourth-order valence-corrected chi connectivity index (χ4v) is 4.18. The van der Waals surface area contributed by atoms with Crippen molar-refractivity contribution in [1.82, 2.24) is 19.4 Å². The van der Waals surface area contributed by atoms with E-state index in [1.807, 2.05) is 32.1 Å². The number of hydrogen-bond donors (Lipinski definition) is 3. The molecule has 2 aromatic carbocycles. The van der Waals surface area contributed by atoms with Crippen molar-refractivity contribution in [2.75, 3.05) is 62.2 Å². The molecule has 43 heavy (non-hydrogen) atoms. The van der Waals surface area contributed by atoms with Crippen molar-refractivity contribution in [3.05, 3.63) is 89.8 Å². The number of rotatable bonds is 12. The van der Waals surface area contributed by atoms with Gasteiger partial charge in [-0.15, -0.1) is 0 Å². The van der Waals surface area contributed by atoms with E-state index < -0.39 is 5.82 Å². The molecule has 0 aliphatic rings. The number of aryl methyl sites for hydroxylation is 1. The highest BCUT2D eigenvalue weighted by atomic mass is 19.1. The molecule has 4 rings (SSSR count). The summed E-state index contributed by atoms with van der Waals surface area (Å²) in [6.07, 6.45) is 4.38. The van der Waals surface area contributed by atoms with E-state index in [1.165, 1.54) is 29.9 Å². The van der Waals surface area contributed by atoms with E-state index in [2.05, 4.69) is 37.4 Å². The Morgan fingerprint density at radius 3 is 2.51 bits per heavy atom. The molecule has 12 heteroatoms. The van der Waals surface area contributed by atoms with Crippen molar-refractivity contribution in [2.24, 2.45) is 7.05 Å². The normalized spacial score (nSPS) is 10.8. The molecule has 1 amide bonds. The molecule has 11 nitrogen and oxygen atoms in total. The van der Waals surface area contributed by atoms with Gasteiger partial charge in [0, 0.05) is 57.3 Å². The first kappa shape index (κ1) is 30.7. The molecule has 2 heterocycles. The third kappa shape index (κ3) is 7.54. The lowest BCUT2D eigenvalue weighted by molar-refractivity contribution is -0.111. The fourth-order valence-electron chi connectivity index (χ4n) is 4.18. The number of aromatic nitrogens is 3. The van der Waals surface area contributed by atoms with Crippen LogP contribution < -0.4 is 31.1 Å². The second-order valence-electron chi connectivity index (χ2n) is 10.0. The average molecular weight is 587 g/mol. The summed E-state index contributed by atoms with van der Waals surface area (Å²) in [5.41, 5.74) is 2.78. The van der Waals surface area contributed by atoms with Crippen LogP contribution in [-0.2, 0) is 11.8 Å². The Bertz CT molecular complexity index is 1690. The summed E-state index contributed by atoms with van der Waals surface area (Å²) in [5, 5.41) is 9.06. The van der Waals surface area contributed by atoms with E-state index in [-0.39, 0.29) is 28.9 Å². The molecule has 0 saturated heterocycles. The number of para-hydroxylation sites is 1. The standard InChI is InChI=1S/C31H35FN8O3/c1-7-28(41)34-24-17-25(27(43-6)18-26(24)39(4)15-14-38(2)3)36-31-33-19-21(20-12-13-40(5)29(42)16-20)30(37-31)35-23-11-9-8-10-22(23)32/h7-13,16-19H,1,14-15H2,2-6H3,(H,34,41)(H2,33,35,36,37). The van der Waals surface area contributed by atoms with Crippen LogP contribution in [0, 0.1) is 5.82 Å². The predicted octanol–water partition coefficient (Wildman–Crippen LogP) is 4.60. The zero-order chi connectivity index (χ0) is 31.1. The van der Waals surface area contributed by atoms with Crippen LogP contribution in [0.3, 0.4) is 0 Å². The number of likely N-dealkylation sites (N-methyl/N-ethyl adjacent to an activating group) is 2. The molecule has 0 bridgehead atoms. The molecule has 0 atom stereocenters. The van der Waals surface area contributed by atoms with Gasteiger partial charge in [0.25, 0.3) is 5.56 Å². The minimum absolute atomic E-state index is 0.166. The first-order valence-electron chi connectivity index (χ1n) is 13.4. The largest absolute Gasteiger partial charge is 0.494 e. The van der Waals surface area contributed by atoms with E-state index in [0.29, 0.717) is 34.8 Å². The second kappa shape index (κ2) is 13.6. The lowest BCUT2D eigenvalue weighted by Crippen LogP contribution is -2.29. The summed E-state index contributed by atoms with van der Waals surface area (Å²) in [5.74, 6) is 0.0776. The number of methoxy groups -OCH3 is 1. The summed E-state index contributed by atoms with van der Waals surface area (Å²) in [7, 11) is 9.09. The summed E-state index contributed by atoms with van der Waals surface area (Å²) < 4.78 is 21.7. The monoisotopic (exact) mass is 586 g/mol. The molecule has 0 aliphatic heterocycles. The van der Waals surface area contributed by atoms with Crippen LogP contribution in [0.4, 0.5) is 38.9 Å². The number of nitrogens with zero attached hydrogens (tertiary/aromatic N) is 5. The van der Waals surface area contributed by atoms with Gasteiger partial charge in [0.15, 0.2) is 0 Å². The minimum atomic E-state index is -0.469. The molecule has 0 saturated carbocycles. The van der Waals surface area contributed by atoms with Gasteiger partial charge in [-0.25, -0.2) is 9.37 Å². The Kier molecular flexibility index (Phi) is 9.73. The first-order valence-corrected chi connectivity index (χ1v) is 13.4. The molecular formula is C31H35FN8O3. The van der Waals surface area contributed by atoms with Crippen molar-refractivity contribution in [1.29, 1.82) is 0 Å². The molecule has 0 aliphatic carbocycles. The van der Waals surface area contributed by atoms with E-state index in [9.17, 15) is 14.0 Å². The number of anilines is 6. The van der Waals surface area contributed by atoms with Crippen LogP contribution in [0.15, 0.2) is 78.4 Å².